The van der Waals surface area contributed by atoms with Gasteiger partial charge in [0.25, 0.3) is 0 Å². The predicted octanol–water partition coefficient (Wildman–Crippen LogP) is 2.47. The second kappa shape index (κ2) is 3.95. The number of carbonyl (C=O) groups excluding carboxylic acids is 1. The Bertz CT molecular complexity index is 494. The second-order valence-corrected chi connectivity index (χ2v) is 4.92. The Morgan fingerprint density at radius 1 is 1.50 bits per heavy atom. The van der Waals surface area contributed by atoms with E-state index in [1.165, 1.54) is 0 Å². The topological polar surface area (TPSA) is 41.6 Å². The lowest BCUT2D eigenvalue weighted by Gasteiger charge is -2.44. The van der Waals surface area contributed by atoms with Crippen molar-refractivity contribution in [1.82, 2.24) is 4.90 Å². The van der Waals surface area contributed by atoms with Gasteiger partial charge in [-0.2, -0.15) is 0 Å². The van der Waals surface area contributed by atoms with Crippen LogP contribution in [0.25, 0.3) is 0 Å². The molecule has 2 aliphatic rings. The summed E-state index contributed by atoms with van der Waals surface area (Å²) in [5, 5.41) is 2.66. The number of nitrogens with zero attached hydrogens (tertiary/aromatic N) is 1. The number of nitrogens with one attached hydrogen (secondary N) is 1. The van der Waals surface area contributed by atoms with Gasteiger partial charge in [0.1, 0.15) is 5.60 Å². The zero-order valence-corrected chi connectivity index (χ0v) is 10.1. The highest BCUT2D eigenvalue weighted by Gasteiger charge is 2.47. The number of fused-ring (bicyclic) bond motifs is 2. The van der Waals surface area contributed by atoms with Crippen LogP contribution in [-0.2, 0) is 10.3 Å². The molecule has 2 aliphatic heterocycles. The molecular formula is C13H15FN2O2. The van der Waals surface area contributed by atoms with Crippen LogP contribution in [0.1, 0.15) is 18.4 Å². The van der Waals surface area contributed by atoms with E-state index in [1.807, 2.05) is 24.3 Å². The van der Waals surface area contributed by atoms with Crippen LogP contribution in [0.2, 0.25) is 0 Å². The molecule has 1 aromatic rings. The number of benzene rings is 1. The number of piperidine rings is 1. The summed E-state index contributed by atoms with van der Waals surface area (Å²) >= 11 is 0. The quantitative estimate of drug-likeness (QED) is 0.719. The van der Waals surface area contributed by atoms with Crippen LogP contribution >= 0.6 is 0 Å². The Balaban J connectivity index is 2.04. The molecule has 1 fully saturated rings. The molecule has 0 aromatic heterocycles. The maximum Gasteiger partial charge on any atom is 0.412 e. The molecule has 1 saturated heterocycles. The van der Waals surface area contributed by atoms with Crippen LogP contribution in [0, 0.1) is 0 Å². The molecule has 0 aliphatic carbocycles. The number of anilines is 1. The van der Waals surface area contributed by atoms with Crippen LogP contribution in [0.5, 0.6) is 0 Å². The van der Waals surface area contributed by atoms with E-state index in [0.717, 1.165) is 11.3 Å². The Kier molecular flexibility index (Phi) is 2.52. The molecule has 0 saturated carbocycles. The summed E-state index contributed by atoms with van der Waals surface area (Å²) in [5.41, 5.74) is 0.788. The van der Waals surface area contributed by atoms with Crippen molar-refractivity contribution >= 4 is 11.8 Å². The molecule has 1 spiro atoms. The molecule has 96 valence electrons. The largest absolute Gasteiger partial charge is 0.437 e. The smallest absolute Gasteiger partial charge is 0.412 e. The fourth-order valence-electron chi connectivity index (χ4n) is 2.72. The van der Waals surface area contributed by atoms with Crippen LogP contribution in [0.15, 0.2) is 24.3 Å². The number of amides is 1. The zero-order chi connectivity index (χ0) is 12.8. The van der Waals surface area contributed by atoms with Crippen molar-refractivity contribution in [3.05, 3.63) is 29.8 Å². The Labute approximate surface area is 105 Å². The highest BCUT2D eigenvalue weighted by molar-refractivity contribution is 5.88. The lowest BCUT2D eigenvalue weighted by Crippen LogP contribution is -2.50. The summed E-state index contributed by atoms with van der Waals surface area (Å²) in [7, 11) is 1.74. The average Bonchev–Trinajstić information content (AvgIpc) is 2.34. The number of likely N-dealkylation sites (tertiary alicyclic amines) is 1. The maximum absolute atomic E-state index is 13.9. The Morgan fingerprint density at radius 2 is 2.28 bits per heavy atom. The van der Waals surface area contributed by atoms with Crippen molar-refractivity contribution in [2.75, 3.05) is 18.9 Å². The van der Waals surface area contributed by atoms with Gasteiger partial charge in [-0.25, -0.2) is 9.18 Å². The molecule has 0 bridgehead atoms. The third-order valence-electron chi connectivity index (χ3n) is 3.79. The normalized spacial score (nSPS) is 31.7. The van der Waals surface area contributed by atoms with Crippen molar-refractivity contribution in [1.29, 1.82) is 0 Å². The van der Waals surface area contributed by atoms with Crippen molar-refractivity contribution in [2.45, 2.75) is 24.7 Å². The van der Waals surface area contributed by atoms with Gasteiger partial charge < -0.3 is 4.74 Å². The first-order valence-electron chi connectivity index (χ1n) is 6.04. The molecular weight excluding hydrogens is 235 g/mol. The van der Waals surface area contributed by atoms with Crippen LogP contribution in [-0.4, -0.2) is 30.9 Å². The van der Waals surface area contributed by atoms with E-state index in [-0.39, 0.29) is 6.42 Å². The monoisotopic (exact) mass is 250 g/mol. The van der Waals surface area contributed by atoms with E-state index in [4.69, 9.17) is 4.74 Å². The first-order valence-corrected chi connectivity index (χ1v) is 6.04. The molecule has 1 aromatic carbocycles. The minimum absolute atomic E-state index is 0.188. The number of alkyl halides is 1. The van der Waals surface area contributed by atoms with Gasteiger partial charge in [0.15, 0.2) is 6.30 Å². The zero-order valence-electron chi connectivity index (χ0n) is 10.1. The van der Waals surface area contributed by atoms with Gasteiger partial charge in [0.2, 0.25) is 0 Å². The average molecular weight is 250 g/mol. The Morgan fingerprint density at radius 3 is 3.06 bits per heavy atom. The van der Waals surface area contributed by atoms with Crippen molar-refractivity contribution in [2.24, 2.45) is 0 Å². The fourth-order valence-corrected chi connectivity index (χ4v) is 2.72. The van der Waals surface area contributed by atoms with Gasteiger partial charge in [-0.3, -0.25) is 10.2 Å². The molecule has 2 heterocycles. The van der Waals surface area contributed by atoms with Crippen molar-refractivity contribution in [3.8, 4) is 0 Å². The number of para-hydroxylation sites is 1. The third kappa shape index (κ3) is 1.66. The molecule has 2 unspecified atom stereocenters. The number of halogens is 1. The minimum Gasteiger partial charge on any atom is -0.437 e. The number of rotatable bonds is 0. The number of hydrogen-bond donors (Lipinski definition) is 1. The molecule has 0 radical (unpaired) electrons. The van der Waals surface area contributed by atoms with E-state index in [1.54, 1.807) is 11.9 Å². The Hall–Kier alpha value is -1.62. The summed E-state index contributed by atoms with van der Waals surface area (Å²) in [4.78, 5) is 13.3. The van der Waals surface area contributed by atoms with Crippen LogP contribution in [0.4, 0.5) is 14.9 Å². The van der Waals surface area contributed by atoms with E-state index >= 15 is 0 Å². The van der Waals surface area contributed by atoms with Crippen LogP contribution in [0.3, 0.4) is 0 Å². The first kappa shape index (κ1) is 11.5. The number of carbonyl (C=O) groups is 1. The van der Waals surface area contributed by atoms with E-state index in [2.05, 4.69) is 5.32 Å². The third-order valence-corrected chi connectivity index (χ3v) is 3.79. The number of ether oxygens (including phenoxy) is 1. The fraction of sp³-hybridized carbons (Fsp3) is 0.462. The highest BCUT2D eigenvalue weighted by atomic mass is 19.1. The summed E-state index contributed by atoms with van der Waals surface area (Å²) < 4.78 is 19.4. The first-order chi connectivity index (χ1) is 8.61. The van der Waals surface area contributed by atoms with Gasteiger partial charge in [-0.15, -0.1) is 0 Å². The molecule has 2 atom stereocenters. The molecule has 4 nitrogen and oxygen atoms in total. The lowest BCUT2D eigenvalue weighted by atomic mass is 9.82. The summed E-state index contributed by atoms with van der Waals surface area (Å²) in [6.07, 6.45) is -0.773. The van der Waals surface area contributed by atoms with E-state index < -0.39 is 18.0 Å². The standard InChI is InChI=1S/C13H15FN2O2/c1-16-7-6-13(8-11(16)14)9-4-2-3-5-10(9)15-12(17)18-13/h2-5,11H,6-8H2,1H3,(H,15,17). The molecule has 18 heavy (non-hydrogen) atoms. The van der Waals surface area contributed by atoms with Crippen LogP contribution < -0.4 is 5.32 Å². The van der Waals surface area contributed by atoms with Gasteiger partial charge in [0.05, 0.1) is 5.69 Å². The molecule has 3 rings (SSSR count). The molecule has 5 heteroatoms. The minimum atomic E-state index is -1.09. The highest BCUT2D eigenvalue weighted by Crippen LogP contribution is 2.44. The maximum atomic E-state index is 13.9. The number of hydrogen-bond acceptors (Lipinski definition) is 3. The van der Waals surface area contributed by atoms with Crippen molar-refractivity contribution in [3.63, 3.8) is 0 Å². The van der Waals surface area contributed by atoms with Gasteiger partial charge in [-0.1, -0.05) is 18.2 Å². The van der Waals surface area contributed by atoms with Gasteiger partial charge in [-0.05, 0) is 13.1 Å². The van der Waals surface area contributed by atoms with E-state index in [0.29, 0.717) is 13.0 Å². The van der Waals surface area contributed by atoms with Gasteiger partial charge in [0, 0.05) is 24.9 Å². The molecule has 1 N–H and O–H groups in total. The van der Waals surface area contributed by atoms with E-state index in [9.17, 15) is 9.18 Å². The summed E-state index contributed by atoms with van der Waals surface area (Å²) in [6.45, 7) is 0.572. The summed E-state index contributed by atoms with van der Waals surface area (Å²) in [6, 6.07) is 7.45. The molecule has 1 amide bonds. The SMILES string of the molecule is CN1CCC2(CC1F)OC(=O)Nc1ccccc12. The lowest BCUT2D eigenvalue weighted by molar-refractivity contribution is -0.0843. The van der Waals surface area contributed by atoms with Crippen molar-refractivity contribution < 1.29 is 13.9 Å². The predicted molar refractivity (Wildman–Crippen MR) is 65.0 cm³/mol. The second-order valence-electron chi connectivity index (χ2n) is 4.92. The van der Waals surface area contributed by atoms with Gasteiger partial charge >= 0.3 is 6.09 Å². The summed E-state index contributed by atoms with van der Waals surface area (Å²) in [5.74, 6) is 0.